The highest BCUT2D eigenvalue weighted by Gasteiger charge is 2.44. The Morgan fingerprint density at radius 2 is 1.88 bits per heavy atom. The van der Waals surface area contributed by atoms with Crippen LogP contribution in [0.4, 0.5) is 0 Å². The van der Waals surface area contributed by atoms with Gasteiger partial charge in [0.05, 0.1) is 18.6 Å². The molecule has 9 heteroatoms. The van der Waals surface area contributed by atoms with Crippen molar-refractivity contribution < 1.29 is 23.9 Å². The van der Waals surface area contributed by atoms with E-state index in [0.717, 1.165) is 27.8 Å². The van der Waals surface area contributed by atoms with Crippen molar-refractivity contribution in [3.63, 3.8) is 0 Å². The van der Waals surface area contributed by atoms with Crippen LogP contribution in [0.25, 0.3) is 16.6 Å². The quantitative estimate of drug-likeness (QED) is 0.663. The number of carbonyl (C=O) groups excluding carboxylic acids is 3. The van der Waals surface area contributed by atoms with Crippen LogP contribution in [0.3, 0.4) is 0 Å². The highest BCUT2D eigenvalue weighted by Crippen LogP contribution is 2.39. The molecule has 1 fully saturated rings. The number of hydrogen-bond acceptors (Lipinski definition) is 5. The molecule has 3 aromatic rings. The van der Waals surface area contributed by atoms with Gasteiger partial charge in [0.2, 0.25) is 24.5 Å². The number of para-hydroxylation sites is 1. The van der Waals surface area contributed by atoms with Crippen LogP contribution in [0, 0.1) is 0 Å². The van der Waals surface area contributed by atoms with Gasteiger partial charge in [-0.1, -0.05) is 18.2 Å². The van der Waals surface area contributed by atoms with Crippen molar-refractivity contribution >= 4 is 28.6 Å². The van der Waals surface area contributed by atoms with E-state index in [-0.39, 0.29) is 31.7 Å². The van der Waals surface area contributed by atoms with Crippen molar-refractivity contribution in [1.29, 1.82) is 0 Å². The average Bonchev–Trinajstić information content (AvgIpc) is 3.37. The number of carbonyl (C=O) groups is 3. The van der Waals surface area contributed by atoms with Gasteiger partial charge in [0.15, 0.2) is 11.5 Å². The van der Waals surface area contributed by atoms with E-state index in [2.05, 4.69) is 4.57 Å². The predicted molar refractivity (Wildman–Crippen MR) is 113 cm³/mol. The second kappa shape index (κ2) is 6.74. The maximum absolute atomic E-state index is 13.1. The number of aromatic nitrogens is 1. The topological polar surface area (TPSA) is 107 Å². The van der Waals surface area contributed by atoms with Crippen LogP contribution in [0.2, 0.25) is 0 Å². The summed E-state index contributed by atoms with van der Waals surface area (Å²) in [6.07, 6.45) is 0.382. The first kappa shape index (κ1) is 18.7. The van der Waals surface area contributed by atoms with Gasteiger partial charge >= 0.3 is 0 Å². The summed E-state index contributed by atoms with van der Waals surface area (Å²) in [5.41, 5.74) is 9.16. The molecule has 162 valence electrons. The number of rotatable bonds is 3. The van der Waals surface area contributed by atoms with Gasteiger partial charge in [-0.2, -0.15) is 0 Å². The van der Waals surface area contributed by atoms with Crippen molar-refractivity contribution in [2.75, 3.05) is 19.9 Å². The minimum absolute atomic E-state index is 0.141. The van der Waals surface area contributed by atoms with E-state index in [1.807, 2.05) is 42.5 Å². The molecule has 0 radical (unpaired) electrons. The van der Waals surface area contributed by atoms with E-state index in [0.29, 0.717) is 24.5 Å². The Bertz CT molecular complexity index is 1310. The third-order valence-corrected chi connectivity index (χ3v) is 6.39. The molecule has 0 spiro atoms. The molecule has 1 aromatic heterocycles. The van der Waals surface area contributed by atoms with Crippen LogP contribution >= 0.6 is 0 Å². The first-order chi connectivity index (χ1) is 15.5. The van der Waals surface area contributed by atoms with E-state index < -0.39 is 11.9 Å². The Balaban J connectivity index is 1.48. The molecule has 4 heterocycles. The molecule has 1 saturated heterocycles. The Morgan fingerprint density at radius 1 is 1.06 bits per heavy atom. The second-order valence-electron chi connectivity index (χ2n) is 8.22. The van der Waals surface area contributed by atoms with Gasteiger partial charge < -0.3 is 29.6 Å². The van der Waals surface area contributed by atoms with E-state index in [4.69, 9.17) is 15.2 Å². The van der Waals surface area contributed by atoms with Crippen molar-refractivity contribution in [2.45, 2.75) is 19.0 Å². The molecular formula is C23H20N4O5. The van der Waals surface area contributed by atoms with E-state index in [1.165, 1.54) is 4.90 Å². The molecule has 3 amide bonds. The van der Waals surface area contributed by atoms with Crippen LogP contribution in [0.5, 0.6) is 11.5 Å². The van der Waals surface area contributed by atoms with Gasteiger partial charge in [0.25, 0.3) is 0 Å². The molecule has 3 aliphatic rings. The molecule has 1 atom stereocenters. The van der Waals surface area contributed by atoms with Crippen LogP contribution in [-0.2, 0) is 27.3 Å². The maximum atomic E-state index is 13.1. The summed E-state index contributed by atoms with van der Waals surface area (Å²) in [4.78, 5) is 40.3. The second-order valence-corrected chi connectivity index (χ2v) is 8.22. The molecule has 2 N–H and O–H groups in total. The fourth-order valence-corrected chi connectivity index (χ4v) is 5.00. The number of primary amides is 1. The number of fused-ring (bicyclic) bond motifs is 5. The Hall–Kier alpha value is -4.01. The highest BCUT2D eigenvalue weighted by atomic mass is 16.7. The lowest BCUT2D eigenvalue weighted by atomic mass is 9.94. The molecule has 2 aromatic carbocycles. The molecule has 0 saturated carbocycles. The van der Waals surface area contributed by atoms with Crippen LogP contribution in [0.1, 0.15) is 11.3 Å². The largest absolute Gasteiger partial charge is 0.454 e. The molecule has 6 rings (SSSR count). The van der Waals surface area contributed by atoms with Gasteiger partial charge in [-0.3, -0.25) is 14.4 Å². The molecule has 32 heavy (non-hydrogen) atoms. The lowest BCUT2D eigenvalue weighted by Crippen LogP contribution is -2.62. The smallest absolute Gasteiger partial charge is 0.246 e. The number of amides is 3. The normalized spacial score (nSPS) is 19.3. The molecule has 0 bridgehead atoms. The van der Waals surface area contributed by atoms with Crippen LogP contribution in [-0.4, -0.2) is 58.0 Å². The summed E-state index contributed by atoms with van der Waals surface area (Å²) in [7, 11) is 0. The van der Waals surface area contributed by atoms with Gasteiger partial charge in [-0.05, 0) is 23.8 Å². The molecule has 9 nitrogen and oxygen atoms in total. The minimum atomic E-state index is -0.640. The first-order valence-corrected chi connectivity index (χ1v) is 10.4. The third-order valence-electron chi connectivity index (χ3n) is 6.39. The lowest BCUT2D eigenvalue weighted by molar-refractivity contribution is -0.158. The highest BCUT2D eigenvalue weighted by molar-refractivity contribution is 5.98. The summed E-state index contributed by atoms with van der Waals surface area (Å²) in [5, 5.41) is 1.03. The van der Waals surface area contributed by atoms with E-state index >= 15 is 0 Å². The van der Waals surface area contributed by atoms with Gasteiger partial charge in [-0.25, -0.2) is 0 Å². The summed E-state index contributed by atoms with van der Waals surface area (Å²) < 4.78 is 13.1. The van der Waals surface area contributed by atoms with Gasteiger partial charge in [0, 0.05) is 29.3 Å². The summed E-state index contributed by atoms with van der Waals surface area (Å²) in [5.74, 6) is 0.313. The molecule has 0 aliphatic carbocycles. The number of piperazine rings is 1. The van der Waals surface area contributed by atoms with Crippen molar-refractivity contribution in [1.82, 2.24) is 14.4 Å². The Labute approximate surface area is 182 Å². The van der Waals surface area contributed by atoms with E-state index in [9.17, 15) is 14.4 Å². The zero-order valence-corrected chi connectivity index (χ0v) is 17.1. The van der Waals surface area contributed by atoms with Crippen molar-refractivity contribution in [3.8, 4) is 17.2 Å². The number of hydrogen-bond donors (Lipinski definition) is 1. The molecule has 1 unspecified atom stereocenters. The zero-order chi connectivity index (χ0) is 22.0. The molecule has 3 aliphatic heterocycles. The van der Waals surface area contributed by atoms with Crippen LogP contribution in [0.15, 0.2) is 42.5 Å². The summed E-state index contributed by atoms with van der Waals surface area (Å²) >= 11 is 0. The lowest BCUT2D eigenvalue weighted by Gasteiger charge is -2.42. The fourth-order valence-electron chi connectivity index (χ4n) is 5.00. The van der Waals surface area contributed by atoms with Crippen LogP contribution < -0.4 is 15.2 Å². The number of nitrogens with zero attached hydrogens (tertiary/aromatic N) is 3. The fraction of sp³-hybridized carbons (Fsp3) is 0.261. The Kier molecular flexibility index (Phi) is 3.95. The van der Waals surface area contributed by atoms with Crippen molar-refractivity contribution in [2.24, 2.45) is 5.73 Å². The monoisotopic (exact) mass is 432 g/mol. The third kappa shape index (κ3) is 2.67. The number of benzene rings is 2. The summed E-state index contributed by atoms with van der Waals surface area (Å²) in [6, 6.07) is 13.1. The standard InChI is InChI=1S/C23H20N4O5/c24-21(28)10-25-11-22(29)26-9-18-15(8-17(26)23(25)30)14-3-1-2-4-16(14)27(18)13-5-6-19-20(7-13)32-12-31-19/h1-7,17H,8-12H2,(H2,24,28). The maximum Gasteiger partial charge on any atom is 0.246 e. The molecular weight excluding hydrogens is 412 g/mol. The average molecular weight is 432 g/mol. The van der Waals surface area contributed by atoms with Gasteiger partial charge in [0.1, 0.15) is 12.6 Å². The van der Waals surface area contributed by atoms with E-state index in [1.54, 1.807) is 4.90 Å². The predicted octanol–water partition coefficient (Wildman–Crippen LogP) is 0.940. The minimum Gasteiger partial charge on any atom is -0.454 e. The zero-order valence-electron chi connectivity index (χ0n) is 17.1. The van der Waals surface area contributed by atoms with Crippen molar-refractivity contribution in [3.05, 3.63) is 53.7 Å². The SMILES string of the molecule is NC(=O)CN1CC(=O)N2Cc3c(c4ccccc4n3-c3ccc4c(c3)OCO4)CC2C1=O. The van der Waals surface area contributed by atoms with Gasteiger partial charge in [-0.15, -0.1) is 0 Å². The number of nitrogens with two attached hydrogens (primary N) is 1. The first-order valence-electron chi connectivity index (χ1n) is 10.4. The number of ether oxygens (including phenoxy) is 2. The Morgan fingerprint density at radius 3 is 2.72 bits per heavy atom. The summed E-state index contributed by atoms with van der Waals surface area (Å²) in [6.45, 7) is 0.105.